The number of nitrogens with zero attached hydrogens (tertiary/aromatic N) is 1. The molecular formula is C16H17FN2O4S2. The number of hydrogen-bond donors (Lipinski definition) is 1. The second kappa shape index (κ2) is 7.17. The van der Waals surface area contributed by atoms with Gasteiger partial charge in [0.15, 0.2) is 15.6 Å². The van der Waals surface area contributed by atoms with E-state index in [4.69, 9.17) is 4.42 Å². The lowest BCUT2D eigenvalue weighted by atomic mass is 10.2. The van der Waals surface area contributed by atoms with Gasteiger partial charge in [-0.3, -0.25) is 4.79 Å². The second-order valence-electron chi connectivity index (χ2n) is 5.87. The predicted molar refractivity (Wildman–Crippen MR) is 92.4 cm³/mol. The number of oxazole rings is 1. The molecule has 6 nitrogen and oxygen atoms in total. The van der Waals surface area contributed by atoms with Gasteiger partial charge in [0.25, 0.3) is 5.22 Å². The number of sulfone groups is 1. The van der Waals surface area contributed by atoms with E-state index < -0.39 is 15.1 Å². The van der Waals surface area contributed by atoms with Gasteiger partial charge in [-0.05, 0) is 37.6 Å². The molecule has 1 aliphatic rings. The Morgan fingerprint density at radius 1 is 1.40 bits per heavy atom. The van der Waals surface area contributed by atoms with Gasteiger partial charge < -0.3 is 9.73 Å². The van der Waals surface area contributed by atoms with Crippen LogP contribution in [0.5, 0.6) is 0 Å². The lowest BCUT2D eigenvalue weighted by Gasteiger charge is -2.14. The summed E-state index contributed by atoms with van der Waals surface area (Å²) in [6.07, 6.45) is 1.96. The number of aromatic nitrogens is 1. The zero-order valence-corrected chi connectivity index (χ0v) is 15.1. The number of benzene rings is 1. The number of amides is 1. The molecule has 1 aliphatic heterocycles. The van der Waals surface area contributed by atoms with Crippen molar-refractivity contribution in [2.45, 2.75) is 29.9 Å². The minimum absolute atomic E-state index is 0.0101. The third-order valence-electron chi connectivity index (χ3n) is 3.84. The van der Waals surface area contributed by atoms with Gasteiger partial charge in [0.05, 0.1) is 23.0 Å². The first-order valence-electron chi connectivity index (χ1n) is 7.71. The van der Waals surface area contributed by atoms with Gasteiger partial charge in [0, 0.05) is 11.6 Å². The molecule has 2 atom stereocenters. The van der Waals surface area contributed by atoms with Gasteiger partial charge in [0.2, 0.25) is 5.91 Å². The zero-order valence-electron chi connectivity index (χ0n) is 13.4. The normalized spacial score (nSPS) is 20.3. The zero-order chi connectivity index (χ0) is 18.0. The number of carbonyl (C=O) groups is 1. The van der Waals surface area contributed by atoms with Crippen molar-refractivity contribution in [3.05, 3.63) is 36.3 Å². The Morgan fingerprint density at radius 2 is 2.12 bits per heavy atom. The number of rotatable bonds is 5. The van der Waals surface area contributed by atoms with Crippen LogP contribution in [0.3, 0.4) is 0 Å². The molecule has 1 aromatic heterocycles. The van der Waals surface area contributed by atoms with Crippen LogP contribution >= 0.6 is 11.8 Å². The van der Waals surface area contributed by atoms with Crippen molar-refractivity contribution in [3.63, 3.8) is 0 Å². The summed E-state index contributed by atoms with van der Waals surface area (Å²) >= 11 is 1.14. The maximum atomic E-state index is 13.0. The molecule has 0 aliphatic carbocycles. The van der Waals surface area contributed by atoms with Crippen LogP contribution < -0.4 is 5.32 Å². The molecule has 2 aromatic rings. The van der Waals surface area contributed by atoms with Crippen LogP contribution in [-0.4, -0.2) is 42.1 Å². The standard InChI is InChI=1S/C16H17FN2O4S2/c1-10(15(20)19-13-6-7-25(21,22)9-13)24-16-18-8-14(23-16)11-2-4-12(17)5-3-11/h2-5,8,10,13H,6-7,9H2,1H3,(H,19,20)/t10-,13+/m0/s1. The van der Waals surface area contributed by atoms with Gasteiger partial charge in [-0.15, -0.1) is 0 Å². The smallest absolute Gasteiger partial charge is 0.256 e. The lowest BCUT2D eigenvalue weighted by molar-refractivity contribution is -0.120. The number of thioether (sulfide) groups is 1. The monoisotopic (exact) mass is 384 g/mol. The van der Waals surface area contributed by atoms with Crippen molar-refractivity contribution in [1.82, 2.24) is 10.3 Å². The van der Waals surface area contributed by atoms with Crippen molar-refractivity contribution in [2.24, 2.45) is 0 Å². The van der Waals surface area contributed by atoms with Crippen LogP contribution in [0.15, 0.2) is 40.1 Å². The molecule has 1 N–H and O–H groups in total. The Labute approximate surface area is 149 Å². The third kappa shape index (κ3) is 4.60. The van der Waals surface area contributed by atoms with E-state index >= 15 is 0 Å². The Morgan fingerprint density at radius 3 is 2.76 bits per heavy atom. The quantitative estimate of drug-likeness (QED) is 0.796. The topological polar surface area (TPSA) is 89.3 Å². The molecule has 1 amide bonds. The van der Waals surface area contributed by atoms with Gasteiger partial charge in [0.1, 0.15) is 5.82 Å². The van der Waals surface area contributed by atoms with Gasteiger partial charge in [-0.1, -0.05) is 11.8 Å². The SMILES string of the molecule is C[C@H](Sc1ncc(-c2ccc(F)cc2)o1)C(=O)N[C@@H]1CCS(=O)(=O)C1. The Hall–Kier alpha value is -1.87. The van der Waals surface area contributed by atoms with Gasteiger partial charge in [-0.2, -0.15) is 0 Å². The van der Waals surface area contributed by atoms with E-state index in [0.29, 0.717) is 23.0 Å². The minimum Gasteiger partial charge on any atom is -0.431 e. The van der Waals surface area contributed by atoms with E-state index in [-0.39, 0.29) is 29.3 Å². The molecule has 0 bridgehead atoms. The highest BCUT2D eigenvalue weighted by molar-refractivity contribution is 8.00. The van der Waals surface area contributed by atoms with Crippen LogP contribution in [0.4, 0.5) is 4.39 Å². The Kier molecular flexibility index (Phi) is 5.14. The molecule has 1 aromatic carbocycles. The largest absolute Gasteiger partial charge is 0.431 e. The van der Waals surface area contributed by atoms with Gasteiger partial charge >= 0.3 is 0 Å². The summed E-state index contributed by atoms with van der Waals surface area (Å²) in [6, 6.07) is 5.49. The molecule has 25 heavy (non-hydrogen) atoms. The minimum atomic E-state index is -3.04. The molecule has 134 valence electrons. The van der Waals surface area contributed by atoms with E-state index in [1.165, 1.54) is 18.3 Å². The van der Waals surface area contributed by atoms with Crippen molar-refractivity contribution >= 4 is 27.5 Å². The molecule has 0 spiro atoms. The first kappa shape index (κ1) is 17.9. The fourth-order valence-electron chi connectivity index (χ4n) is 2.49. The first-order chi connectivity index (χ1) is 11.8. The molecule has 3 rings (SSSR count). The fourth-order valence-corrected chi connectivity index (χ4v) is 4.89. The summed E-state index contributed by atoms with van der Waals surface area (Å²) in [5.74, 6) is -0.00733. The predicted octanol–water partition coefficient (Wildman–Crippen LogP) is 2.26. The molecule has 0 radical (unpaired) electrons. The summed E-state index contributed by atoms with van der Waals surface area (Å²) in [7, 11) is -3.04. The maximum Gasteiger partial charge on any atom is 0.256 e. The summed E-state index contributed by atoms with van der Waals surface area (Å²) in [5, 5.41) is 2.59. The Bertz CT molecular complexity index is 865. The van der Waals surface area contributed by atoms with E-state index in [1.807, 2.05) is 0 Å². The fraction of sp³-hybridized carbons (Fsp3) is 0.375. The molecule has 0 unspecified atom stereocenters. The summed E-state index contributed by atoms with van der Waals surface area (Å²) in [6.45, 7) is 1.70. The molecule has 2 heterocycles. The average molecular weight is 384 g/mol. The summed E-state index contributed by atoms with van der Waals surface area (Å²) in [5.41, 5.74) is 0.689. The summed E-state index contributed by atoms with van der Waals surface area (Å²) < 4.78 is 41.4. The van der Waals surface area contributed by atoms with Crippen LogP contribution in [0.2, 0.25) is 0 Å². The lowest BCUT2D eigenvalue weighted by Crippen LogP contribution is -2.39. The average Bonchev–Trinajstić information content (AvgIpc) is 3.14. The molecular weight excluding hydrogens is 367 g/mol. The van der Waals surface area contributed by atoms with E-state index in [0.717, 1.165) is 11.8 Å². The van der Waals surface area contributed by atoms with Crippen LogP contribution in [0, 0.1) is 5.82 Å². The van der Waals surface area contributed by atoms with Crippen molar-refractivity contribution < 1.29 is 22.0 Å². The molecule has 1 saturated heterocycles. The number of carbonyl (C=O) groups excluding carboxylic acids is 1. The second-order valence-corrected chi connectivity index (χ2v) is 9.39. The number of halogens is 1. The highest BCUT2D eigenvalue weighted by atomic mass is 32.2. The van der Waals surface area contributed by atoms with Crippen molar-refractivity contribution in [3.8, 4) is 11.3 Å². The highest BCUT2D eigenvalue weighted by Gasteiger charge is 2.30. The number of nitrogens with one attached hydrogen (secondary N) is 1. The third-order valence-corrected chi connectivity index (χ3v) is 6.56. The first-order valence-corrected chi connectivity index (χ1v) is 10.4. The molecule has 9 heteroatoms. The van der Waals surface area contributed by atoms with E-state index in [9.17, 15) is 17.6 Å². The van der Waals surface area contributed by atoms with Crippen LogP contribution in [0.1, 0.15) is 13.3 Å². The van der Waals surface area contributed by atoms with Crippen LogP contribution in [0.25, 0.3) is 11.3 Å². The van der Waals surface area contributed by atoms with E-state index in [2.05, 4.69) is 10.3 Å². The van der Waals surface area contributed by atoms with Crippen molar-refractivity contribution in [1.29, 1.82) is 0 Å². The highest BCUT2D eigenvalue weighted by Crippen LogP contribution is 2.28. The number of hydrogen-bond acceptors (Lipinski definition) is 6. The van der Waals surface area contributed by atoms with Crippen molar-refractivity contribution in [2.75, 3.05) is 11.5 Å². The summed E-state index contributed by atoms with van der Waals surface area (Å²) in [4.78, 5) is 16.3. The molecule has 1 fully saturated rings. The van der Waals surface area contributed by atoms with Gasteiger partial charge in [-0.25, -0.2) is 17.8 Å². The Balaban J connectivity index is 1.58. The maximum absolute atomic E-state index is 13.0. The van der Waals surface area contributed by atoms with Crippen LogP contribution in [-0.2, 0) is 14.6 Å². The molecule has 0 saturated carbocycles. The van der Waals surface area contributed by atoms with E-state index in [1.54, 1.807) is 19.1 Å².